The Labute approximate surface area is 237 Å². The van der Waals surface area contributed by atoms with Crippen LogP contribution in [0.2, 0.25) is 0 Å². The first kappa shape index (κ1) is 29.4. The van der Waals surface area contributed by atoms with Gasteiger partial charge in [0.2, 0.25) is 17.7 Å². The third kappa shape index (κ3) is 4.84. The molecular formula is C31H43N3O4S. The number of nitrogens with zero attached hydrogens (tertiary/aromatic N) is 3. The normalized spacial score (nSPS) is 30.2. The summed E-state index contributed by atoms with van der Waals surface area (Å²) in [7, 11) is 0. The summed E-state index contributed by atoms with van der Waals surface area (Å²) >= 11 is 1.66. The largest absolute Gasteiger partial charge is 0.394 e. The first-order valence-electron chi connectivity index (χ1n) is 13.9. The number of aliphatic hydroxyl groups excluding tert-OH is 1. The van der Waals surface area contributed by atoms with Gasteiger partial charge >= 0.3 is 0 Å². The molecule has 0 radical (unpaired) electrons. The maximum Gasteiger partial charge on any atom is 0.247 e. The molecule has 39 heavy (non-hydrogen) atoms. The van der Waals surface area contributed by atoms with Gasteiger partial charge in [0.25, 0.3) is 0 Å². The van der Waals surface area contributed by atoms with Crippen LogP contribution in [0, 0.1) is 17.8 Å². The molecule has 2 bridgehead atoms. The lowest BCUT2D eigenvalue weighted by Gasteiger charge is -2.45. The van der Waals surface area contributed by atoms with Crippen LogP contribution in [0.4, 0.5) is 0 Å². The fraction of sp³-hybridized carbons (Fsp3) is 0.581. The van der Waals surface area contributed by atoms with Crippen molar-refractivity contribution in [3.8, 4) is 0 Å². The molecule has 0 saturated carbocycles. The highest BCUT2D eigenvalue weighted by Crippen LogP contribution is 2.69. The lowest BCUT2D eigenvalue weighted by Crippen LogP contribution is -2.61. The van der Waals surface area contributed by atoms with Crippen LogP contribution in [0.15, 0.2) is 55.6 Å². The van der Waals surface area contributed by atoms with Crippen LogP contribution < -0.4 is 0 Å². The van der Waals surface area contributed by atoms with Crippen LogP contribution in [0.1, 0.15) is 46.6 Å². The summed E-state index contributed by atoms with van der Waals surface area (Å²) in [5.74, 6) is -1.49. The molecule has 7 atom stereocenters. The number of aliphatic hydroxyl groups is 1. The second kappa shape index (κ2) is 11.1. The zero-order valence-corrected chi connectivity index (χ0v) is 24.7. The number of benzene rings is 1. The number of likely N-dealkylation sites (tertiary alicyclic amines) is 1. The van der Waals surface area contributed by atoms with E-state index in [4.69, 9.17) is 0 Å². The zero-order valence-electron chi connectivity index (χ0n) is 23.9. The van der Waals surface area contributed by atoms with Crippen LogP contribution in [0.3, 0.4) is 0 Å². The molecule has 8 heteroatoms. The molecule has 7 nitrogen and oxygen atoms in total. The van der Waals surface area contributed by atoms with Crippen molar-refractivity contribution in [1.29, 1.82) is 0 Å². The summed E-state index contributed by atoms with van der Waals surface area (Å²) < 4.78 is -0.736. The third-order valence-corrected chi connectivity index (χ3v) is 10.8. The maximum absolute atomic E-state index is 14.5. The van der Waals surface area contributed by atoms with E-state index in [0.717, 1.165) is 12.0 Å². The molecule has 212 valence electrons. The minimum atomic E-state index is -0.763. The standard InChI is InChI=1S/C31H43N3O4S/c1-8-15-32(18-22-13-11-10-12-14-22)27(36)24-23-17-20(3)31(39-23)25(24)28(37)34(21(4)19-35)26(31)29(38)33(16-9-2)30(5,6)7/h8-14,20-21,23-26,35H,1-2,15-19H2,3-7H3/t20?,21-,23-,24+,25+,26?,31?/m1/s1. The van der Waals surface area contributed by atoms with Crippen molar-refractivity contribution in [2.24, 2.45) is 17.8 Å². The summed E-state index contributed by atoms with van der Waals surface area (Å²) in [4.78, 5) is 48.2. The number of carbonyl (C=O) groups is 3. The van der Waals surface area contributed by atoms with E-state index < -0.39 is 34.2 Å². The Bertz CT molecular complexity index is 1120. The van der Waals surface area contributed by atoms with Crippen LogP contribution in [-0.4, -0.2) is 84.8 Å². The summed E-state index contributed by atoms with van der Waals surface area (Å²) in [5, 5.41) is 10.1. The minimum Gasteiger partial charge on any atom is -0.394 e. The predicted molar refractivity (Wildman–Crippen MR) is 156 cm³/mol. The van der Waals surface area contributed by atoms with Crippen molar-refractivity contribution in [1.82, 2.24) is 14.7 Å². The predicted octanol–water partition coefficient (Wildman–Crippen LogP) is 3.73. The second-order valence-corrected chi connectivity index (χ2v) is 13.8. The third-order valence-electron chi connectivity index (χ3n) is 8.71. The molecule has 1 spiro atoms. The number of rotatable bonds is 10. The first-order valence-corrected chi connectivity index (χ1v) is 14.8. The minimum absolute atomic E-state index is 0.0473. The van der Waals surface area contributed by atoms with Crippen LogP contribution in [0.25, 0.3) is 0 Å². The van der Waals surface area contributed by atoms with Gasteiger partial charge in [0.1, 0.15) is 6.04 Å². The molecule has 0 aliphatic carbocycles. The molecule has 3 aliphatic rings. The highest BCUT2D eigenvalue weighted by Gasteiger charge is 2.77. The molecule has 1 aromatic rings. The van der Waals surface area contributed by atoms with E-state index in [1.165, 1.54) is 0 Å². The summed E-state index contributed by atoms with van der Waals surface area (Å²) in [5.41, 5.74) is 0.519. The highest BCUT2D eigenvalue weighted by molar-refractivity contribution is 8.02. The van der Waals surface area contributed by atoms with Gasteiger partial charge in [-0.05, 0) is 45.6 Å². The van der Waals surface area contributed by atoms with Gasteiger partial charge in [0.15, 0.2) is 0 Å². The van der Waals surface area contributed by atoms with Gasteiger partial charge < -0.3 is 19.8 Å². The fourth-order valence-corrected chi connectivity index (χ4v) is 9.35. The van der Waals surface area contributed by atoms with Crippen LogP contribution >= 0.6 is 11.8 Å². The summed E-state index contributed by atoms with van der Waals surface area (Å²) in [6.45, 7) is 18.5. The van der Waals surface area contributed by atoms with Gasteiger partial charge in [-0.2, -0.15) is 0 Å². The van der Waals surface area contributed by atoms with Gasteiger partial charge in [-0.15, -0.1) is 24.9 Å². The average molecular weight is 554 g/mol. The molecule has 0 aromatic heterocycles. The van der Waals surface area contributed by atoms with E-state index in [1.54, 1.807) is 45.5 Å². The van der Waals surface area contributed by atoms with Crippen molar-refractivity contribution >= 4 is 29.5 Å². The van der Waals surface area contributed by atoms with E-state index in [9.17, 15) is 19.5 Å². The van der Waals surface area contributed by atoms with E-state index in [1.807, 2.05) is 51.1 Å². The molecule has 4 rings (SSSR count). The van der Waals surface area contributed by atoms with Gasteiger partial charge in [0.05, 0.1) is 29.2 Å². The monoisotopic (exact) mass is 553 g/mol. The van der Waals surface area contributed by atoms with Gasteiger partial charge in [0, 0.05) is 30.4 Å². The smallest absolute Gasteiger partial charge is 0.247 e. The quantitative estimate of drug-likeness (QED) is 0.447. The molecule has 1 N–H and O–H groups in total. The van der Waals surface area contributed by atoms with Crippen molar-refractivity contribution in [2.45, 2.75) is 75.2 Å². The van der Waals surface area contributed by atoms with Gasteiger partial charge in [-0.1, -0.05) is 49.4 Å². The Kier molecular flexibility index (Phi) is 8.39. The second-order valence-electron chi connectivity index (χ2n) is 12.2. The van der Waals surface area contributed by atoms with Crippen molar-refractivity contribution in [3.05, 3.63) is 61.2 Å². The molecule has 3 heterocycles. The average Bonchev–Trinajstić information content (AvgIpc) is 3.49. The summed E-state index contributed by atoms with van der Waals surface area (Å²) in [6, 6.07) is 8.51. The van der Waals surface area contributed by atoms with Crippen molar-refractivity contribution < 1.29 is 19.5 Å². The van der Waals surface area contributed by atoms with Crippen molar-refractivity contribution in [2.75, 3.05) is 19.7 Å². The summed E-state index contributed by atoms with van der Waals surface area (Å²) in [6.07, 6.45) is 4.19. The molecule has 3 unspecified atom stereocenters. The lowest BCUT2D eigenvalue weighted by atomic mass is 9.65. The zero-order chi connectivity index (χ0) is 28.7. The fourth-order valence-electron chi connectivity index (χ4n) is 6.96. The molecule has 3 aliphatic heterocycles. The molecule has 1 aromatic carbocycles. The molecular weight excluding hydrogens is 510 g/mol. The van der Waals surface area contributed by atoms with Gasteiger partial charge in [-0.25, -0.2) is 0 Å². The molecule has 3 amide bonds. The van der Waals surface area contributed by atoms with Crippen LogP contribution in [-0.2, 0) is 20.9 Å². The highest BCUT2D eigenvalue weighted by atomic mass is 32.2. The number of hydrogen-bond donors (Lipinski definition) is 1. The Morgan fingerprint density at radius 1 is 1.18 bits per heavy atom. The van der Waals surface area contributed by atoms with Crippen LogP contribution in [0.5, 0.6) is 0 Å². The van der Waals surface area contributed by atoms with E-state index in [0.29, 0.717) is 19.6 Å². The molecule has 3 fully saturated rings. The number of hydrogen-bond acceptors (Lipinski definition) is 5. The Morgan fingerprint density at radius 3 is 2.38 bits per heavy atom. The Morgan fingerprint density at radius 2 is 1.82 bits per heavy atom. The van der Waals surface area contributed by atoms with Gasteiger partial charge in [-0.3, -0.25) is 14.4 Å². The number of amides is 3. The maximum atomic E-state index is 14.5. The topological polar surface area (TPSA) is 81.2 Å². The van der Waals surface area contributed by atoms with E-state index >= 15 is 0 Å². The number of thioether (sulfide) groups is 1. The number of fused-ring (bicyclic) bond motifs is 1. The number of carbonyl (C=O) groups excluding carboxylic acids is 3. The molecule has 3 saturated heterocycles. The Hall–Kier alpha value is -2.58. The lowest BCUT2D eigenvalue weighted by molar-refractivity contribution is -0.148. The SMILES string of the molecule is C=CCN(Cc1ccccc1)C(=O)[C@@H]1[C@H]2C(=O)N([C@H](C)CO)C(C(=O)N(CC=C)C(C)(C)C)C23S[C@@H]1CC3C. The van der Waals surface area contributed by atoms with E-state index in [2.05, 4.69) is 20.1 Å². The van der Waals surface area contributed by atoms with Crippen molar-refractivity contribution in [3.63, 3.8) is 0 Å². The first-order chi connectivity index (χ1) is 18.4. The van der Waals surface area contributed by atoms with E-state index in [-0.39, 0.29) is 35.5 Å². The Balaban J connectivity index is 1.78.